The van der Waals surface area contributed by atoms with Crippen LogP contribution in [-0.4, -0.2) is 20.7 Å². The van der Waals surface area contributed by atoms with E-state index in [1.165, 1.54) is 24.3 Å². The molecule has 0 unspecified atom stereocenters. The van der Waals surface area contributed by atoms with E-state index in [1.807, 2.05) is 0 Å². The second kappa shape index (κ2) is 7.58. The average molecular weight is 418 g/mol. The number of halogens is 2. The Morgan fingerprint density at radius 2 is 1.84 bits per heavy atom. The molecule has 0 atom stereocenters. The second-order valence-electron chi connectivity index (χ2n) is 7.94. The molecular weight excluding hydrogens is 398 g/mol. The van der Waals surface area contributed by atoms with E-state index < -0.39 is 5.82 Å². The molecule has 1 N–H and O–H groups in total. The maximum Gasteiger partial charge on any atom is 0.256 e. The Morgan fingerprint density at radius 3 is 2.58 bits per heavy atom. The summed E-state index contributed by atoms with van der Waals surface area (Å²) in [4.78, 5) is 17.8. The minimum atomic E-state index is -0.411. The Balaban J connectivity index is 1.44. The molecule has 4 aromatic rings. The summed E-state index contributed by atoms with van der Waals surface area (Å²) < 4.78 is 28.7. The number of benzene rings is 2. The molecule has 1 amide bonds. The van der Waals surface area contributed by atoms with Crippen LogP contribution in [0.4, 0.5) is 14.5 Å². The maximum atomic E-state index is 13.9. The van der Waals surface area contributed by atoms with Gasteiger partial charge in [0.2, 0.25) is 0 Å². The number of nitrogens with one attached hydrogen (secondary N) is 1. The number of pyridine rings is 1. The van der Waals surface area contributed by atoms with Crippen molar-refractivity contribution in [2.45, 2.75) is 32.2 Å². The van der Waals surface area contributed by atoms with Crippen LogP contribution < -0.4 is 5.32 Å². The van der Waals surface area contributed by atoms with Crippen molar-refractivity contribution in [2.24, 2.45) is 0 Å². The van der Waals surface area contributed by atoms with E-state index in [4.69, 9.17) is 0 Å². The average Bonchev–Trinajstić information content (AvgIpc) is 3.54. The molecule has 5 rings (SSSR count). The highest BCUT2D eigenvalue weighted by Gasteiger charge is 2.27. The molecule has 31 heavy (non-hydrogen) atoms. The number of hydrogen-bond donors (Lipinski definition) is 1. The quantitative estimate of drug-likeness (QED) is 0.485. The normalized spacial score (nSPS) is 13.5. The molecule has 0 bridgehead atoms. The van der Waals surface area contributed by atoms with Gasteiger partial charge in [-0.2, -0.15) is 5.10 Å². The lowest BCUT2D eigenvalue weighted by molar-refractivity contribution is 0.102. The lowest BCUT2D eigenvalue weighted by Gasteiger charge is -2.10. The number of fused-ring (bicyclic) bond motifs is 1. The zero-order valence-electron chi connectivity index (χ0n) is 16.9. The number of nitrogens with zero attached hydrogens (tertiary/aromatic N) is 3. The number of anilines is 1. The highest BCUT2D eigenvalue weighted by Crippen LogP contribution is 2.40. The zero-order valence-corrected chi connectivity index (χ0v) is 16.9. The van der Waals surface area contributed by atoms with Crippen LogP contribution >= 0.6 is 0 Å². The predicted molar refractivity (Wildman–Crippen MR) is 114 cm³/mol. The summed E-state index contributed by atoms with van der Waals surface area (Å²) in [6, 6.07) is 12.3. The van der Waals surface area contributed by atoms with Crippen LogP contribution in [0.2, 0.25) is 0 Å². The first-order chi connectivity index (χ1) is 15.0. The predicted octanol–water partition coefficient (Wildman–Crippen LogP) is 5.20. The first-order valence-corrected chi connectivity index (χ1v) is 10.2. The van der Waals surface area contributed by atoms with Crippen LogP contribution in [-0.2, 0) is 6.54 Å². The van der Waals surface area contributed by atoms with Crippen molar-refractivity contribution >= 4 is 22.5 Å². The smallest absolute Gasteiger partial charge is 0.256 e. The topological polar surface area (TPSA) is 59.8 Å². The first kappa shape index (κ1) is 19.4. The highest BCUT2D eigenvalue weighted by molar-refractivity contribution is 6.12. The SMILES string of the molecule is Cc1nn(Cc2ccc(F)cc2)cc1NC(=O)c1cc(C2CC2)nc2ccc(F)cc12. The van der Waals surface area contributed by atoms with Gasteiger partial charge >= 0.3 is 0 Å². The molecule has 1 fully saturated rings. The van der Waals surface area contributed by atoms with Gasteiger partial charge in [-0.3, -0.25) is 14.5 Å². The van der Waals surface area contributed by atoms with Gasteiger partial charge in [-0.05, 0) is 61.7 Å². The third kappa shape index (κ3) is 4.03. The van der Waals surface area contributed by atoms with E-state index in [-0.39, 0.29) is 11.7 Å². The van der Waals surface area contributed by atoms with Crippen molar-refractivity contribution in [3.8, 4) is 0 Å². The van der Waals surface area contributed by atoms with Crippen molar-refractivity contribution in [3.05, 3.63) is 88.9 Å². The van der Waals surface area contributed by atoms with Gasteiger partial charge in [0.05, 0.1) is 29.0 Å². The number of amides is 1. The highest BCUT2D eigenvalue weighted by atomic mass is 19.1. The fourth-order valence-corrected chi connectivity index (χ4v) is 3.68. The molecule has 0 aliphatic heterocycles. The zero-order chi connectivity index (χ0) is 21.5. The molecule has 2 aromatic carbocycles. The van der Waals surface area contributed by atoms with Crippen molar-refractivity contribution < 1.29 is 13.6 Å². The third-order valence-electron chi connectivity index (χ3n) is 5.48. The van der Waals surface area contributed by atoms with Crippen molar-refractivity contribution in [3.63, 3.8) is 0 Å². The fourth-order valence-electron chi connectivity index (χ4n) is 3.68. The van der Waals surface area contributed by atoms with E-state index in [2.05, 4.69) is 15.4 Å². The Labute approximate surface area is 177 Å². The van der Waals surface area contributed by atoms with Gasteiger partial charge < -0.3 is 5.32 Å². The summed E-state index contributed by atoms with van der Waals surface area (Å²) in [6.07, 6.45) is 3.84. The summed E-state index contributed by atoms with van der Waals surface area (Å²) in [6.45, 7) is 2.25. The second-order valence-corrected chi connectivity index (χ2v) is 7.94. The third-order valence-corrected chi connectivity index (χ3v) is 5.48. The lowest BCUT2D eigenvalue weighted by atomic mass is 10.0. The van der Waals surface area contributed by atoms with Crippen LogP contribution in [0.1, 0.15) is 46.1 Å². The number of carbonyl (C=O) groups is 1. The van der Waals surface area contributed by atoms with Gasteiger partial charge in [0.1, 0.15) is 11.6 Å². The van der Waals surface area contributed by atoms with Crippen LogP contribution in [0.5, 0.6) is 0 Å². The summed E-state index contributed by atoms with van der Waals surface area (Å²) in [5.41, 5.74) is 4.00. The number of aromatic nitrogens is 3. The van der Waals surface area contributed by atoms with Crippen LogP contribution in [0.25, 0.3) is 10.9 Å². The van der Waals surface area contributed by atoms with Gasteiger partial charge in [0.15, 0.2) is 0 Å². The van der Waals surface area contributed by atoms with E-state index in [0.29, 0.717) is 40.3 Å². The molecule has 2 aromatic heterocycles. The number of carbonyl (C=O) groups excluding carboxylic acids is 1. The molecule has 1 aliphatic rings. The van der Waals surface area contributed by atoms with E-state index in [0.717, 1.165) is 24.1 Å². The van der Waals surface area contributed by atoms with Crippen LogP contribution in [0.15, 0.2) is 54.7 Å². The lowest BCUT2D eigenvalue weighted by Crippen LogP contribution is -2.14. The Hall–Kier alpha value is -3.61. The monoisotopic (exact) mass is 418 g/mol. The minimum absolute atomic E-state index is 0.292. The number of rotatable bonds is 5. The molecule has 0 spiro atoms. The summed E-state index contributed by atoms with van der Waals surface area (Å²) in [5, 5.41) is 7.84. The maximum absolute atomic E-state index is 13.9. The Bertz CT molecular complexity index is 1290. The molecule has 0 saturated heterocycles. The summed E-state index contributed by atoms with van der Waals surface area (Å²) in [5.74, 6) is -0.670. The van der Waals surface area contributed by atoms with Gasteiger partial charge in [-0.15, -0.1) is 0 Å². The number of aryl methyl sites for hydroxylation is 1. The van der Waals surface area contributed by atoms with E-state index in [9.17, 15) is 13.6 Å². The molecule has 5 nitrogen and oxygen atoms in total. The van der Waals surface area contributed by atoms with Crippen molar-refractivity contribution in [2.75, 3.05) is 5.32 Å². The minimum Gasteiger partial charge on any atom is -0.319 e. The standard InChI is InChI=1S/C24H20F2N4O/c1-14-23(13-30(29-14)12-15-2-6-17(25)7-3-15)28-24(31)20-11-22(16-4-5-16)27-21-9-8-18(26)10-19(20)21/h2-3,6-11,13,16H,4-5,12H2,1H3,(H,28,31). The van der Waals surface area contributed by atoms with Gasteiger partial charge in [-0.25, -0.2) is 8.78 Å². The molecular formula is C24H20F2N4O. The molecule has 1 saturated carbocycles. The largest absolute Gasteiger partial charge is 0.319 e. The van der Waals surface area contributed by atoms with Crippen molar-refractivity contribution in [1.82, 2.24) is 14.8 Å². The van der Waals surface area contributed by atoms with E-state index in [1.54, 1.807) is 42.1 Å². The number of hydrogen-bond acceptors (Lipinski definition) is 3. The Kier molecular flexibility index (Phi) is 4.73. The van der Waals surface area contributed by atoms with Gasteiger partial charge in [0, 0.05) is 23.2 Å². The molecule has 2 heterocycles. The van der Waals surface area contributed by atoms with Crippen molar-refractivity contribution in [1.29, 1.82) is 0 Å². The Morgan fingerprint density at radius 1 is 1.10 bits per heavy atom. The fraction of sp³-hybridized carbons (Fsp3) is 0.208. The molecule has 0 radical (unpaired) electrons. The van der Waals surface area contributed by atoms with Gasteiger partial charge in [0.25, 0.3) is 5.91 Å². The molecule has 156 valence electrons. The molecule has 1 aliphatic carbocycles. The summed E-state index contributed by atoms with van der Waals surface area (Å²) in [7, 11) is 0. The van der Waals surface area contributed by atoms with Crippen LogP contribution in [0.3, 0.4) is 0 Å². The first-order valence-electron chi connectivity index (χ1n) is 10.2. The van der Waals surface area contributed by atoms with Crippen LogP contribution in [0, 0.1) is 18.6 Å². The molecule has 7 heteroatoms. The van der Waals surface area contributed by atoms with E-state index >= 15 is 0 Å². The summed E-state index contributed by atoms with van der Waals surface area (Å²) >= 11 is 0. The van der Waals surface area contributed by atoms with Gasteiger partial charge in [-0.1, -0.05) is 12.1 Å².